The summed E-state index contributed by atoms with van der Waals surface area (Å²) in [5.41, 5.74) is 0. The van der Waals surface area contributed by atoms with Crippen molar-refractivity contribution in [2.24, 2.45) is 0 Å². The van der Waals surface area contributed by atoms with E-state index in [4.69, 9.17) is 12.2 Å². The molecular weight excluding hydrogens is 212 g/mol. The lowest BCUT2D eigenvalue weighted by atomic mass is 10.2. The zero-order valence-electron chi connectivity index (χ0n) is 7.27. The summed E-state index contributed by atoms with van der Waals surface area (Å²) in [5.74, 6) is 0.753. The van der Waals surface area contributed by atoms with E-state index in [0.717, 1.165) is 16.6 Å². The number of anilines is 1. The highest BCUT2D eigenvalue weighted by Crippen LogP contribution is 2.20. The molecule has 2 nitrogen and oxygen atoms in total. The molecule has 0 amide bonds. The maximum absolute atomic E-state index is 4.85. The van der Waals surface area contributed by atoms with Crippen molar-refractivity contribution < 1.29 is 0 Å². The average Bonchev–Trinajstić information content (AvgIpc) is 2.18. The molecule has 70 valence electrons. The van der Waals surface area contributed by atoms with Gasteiger partial charge in [0.15, 0.2) is 0 Å². The van der Waals surface area contributed by atoms with Crippen molar-refractivity contribution in [2.45, 2.75) is 0 Å². The van der Waals surface area contributed by atoms with E-state index >= 15 is 0 Å². The first kappa shape index (κ1) is 9.43. The van der Waals surface area contributed by atoms with Crippen molar-refractivity contribution in [1.82, 2.24) is 4.98 Å². The Morgan fingerprint density at radius 2 is 2.07 bits per heavy atom. The summed E-state index contributed by atoms with van der Waals surface area (Å²) in [7, 11) is 0. The van der Waals surface area contributed by atoms with Crippen molar-refractivity contribution in [3.63, 3.8) is 0 Å². The van der Waals surface area contributed by atoms with Crippen LogP contribution in [0.1, 0.15) is 0 Å². The fourth-order valence-electron chi connectivity index (χ4n) is 1.32. The molecule has 2 rings (SSSR count). The minimum atomic E-state index is 0.425. The quantitative estimate of drug-likeness (QED) is 0.571. The Morgan fingerprint density at radius 1 is 1.29 bits per heavy atom. The minimum absolute atomic E-state index is 0.425. The molecule has 0 bridgehead atoms. The average molecular weight is 220 g/mol. The summed E-state index contributed by atoms with van der Waals surface area (Å²) in [4.78, 5) is 4.20. The highest BCUT2D eigenvalue weighted by atomic mass is 32.1. The zero-order valence-corrected chi connectivity index (χ0v) is 8.98. The summed E-state index contributed by atoms with van der Waals surface area (Å²) < 4.78 is 0.425. The van der Waals surface area contributed by atoms with Crippen LogP contribution in [0.2, 0.25) is 0 Å². The predicted molar refractivity (Wildman–Crippen MR) is 66.9 cm³/mol. The van der Waals surface area contributed by atoms with Gasteiger partial charge in [-0.25, -0.2) is 4.98 Å². The highest BCUT2D eigenvalue weighted by molar-refractivity contribution is 8.11. The number of thiocarbonyl (C=S) groups is 1. The van der Waals surface area contributed by atoms with Gasteiger partial charge in [0, 0.05) is 11.6 Å². The van der Waals surface area contributed by atoms with E-state index in [1.165, 1.54) is 0 Å². The Morgan fingerprint density at radius 3 is 2.86 bits per heavy atom. The fourth-order valence-corrected chi connectivity index (χ4v) is 1.52. The summed E-state index contributed by atoms with van der Waals surface area (Å²) in [5, 5.41) is 5.11. The Hall–Kier alpha value is -1.13. The van der Waals surface area contributed by atoms with Gasteiger partial charge in [-0.15, -0.1) is 12.6 Å². The standard InChI is InChI=1S/C10H8N2S2/c13-10(14)12-9-8-4-2-1-3-7(8)5-6-11-9/h1-6H,(H2,11,12,13,14). The van der Waals surface area contributed by atoms with E-state index in [2.05, 4.69) is 22.9 Å². The predicted octanol–water partition coefficient (Wildman–Crippen LogP) is 2.86. The molecule has 0 aliphatic rings. The van der Waals surface area contributed by atoms with Crippen LogP contribution in [0.5, 0.6) is 0 Å². The number of nitrogens with one attached hydrogen (secondary N) is 1. The van der Waals surface area contributed by atoms with Crippen LogP contribution in [0, 0.1) is 0 Å². The van der Waals surface area contributed by atoms with E-state index in [0.29, 0.717) is 4.32 Å². The van der Waals surface area contributed by atoms with E-state index in [1.54, 1.807) is 6.20 Å². The Bertz CT molecular complexity index is 477. The number of hydrogen-bond donors (Lipinski definition) is 2. The van der Waals surface area contributed by atoms with Crippen molar-refractivity contribution in [1.29, 1.82) is 0 Å². The van der Waals surface area contributed by atoms with Gasteiger partial charge in [0.2, 0.25) is 0 Å². The number of nitrogens with zero attached hydrogens (tertiary/aromatic N) is 1. The second kappa shape index (κ2) is 3.94. The molecule has 2 aromatic rings. The molecule has 0 aliphatic carbocycles. The van der Waals surface area contributed by atoms with Crippen molar-refractivity contribution in [3.05, 3.63) is 36.5 Å². The molecule has 0 saturated carbocycles. The SMILES string of the molecule is S=C(S)Nc1nccc2ccccc12. The summed E-state index contributed by atoms with van der Waals surface area (Å²) in [6.07, 6.45) is 1.75. The van der Waals surface area contributed by atoms with E-state index < -0.39 is 0 Å². The van der Waals surface area contributed by atoms with Gasteiger partial charge in [0.25, 0.3) is 0 Å². The number of benzene rings is 1. The fraction of sp³-hybridized carbons (Fsp3) is 0. The highest BCUT2D eigenvalue weighted by Gasteiger charge is 2.00. The number of rotatable bonds is 1. The van der Waals surface area contributed by atoms with Crippen LogP contribution in [0.15, 0.2) is 36.5 Å². The minimum Gasteiger partial charge on any atom is -0.326 e. The lowest BCUT2D eigenvalue weighted by molar-refractivity contribution is 1.36. The first-order valence-electron chi connectivity index (χ1n) is 4.11. The van der Waals surface area contributed by atoms with Crippen LogP contribution in [-0.4, -0.2) is 9.30 Å². The zero-order chi connectivity index (χ0) is 9.97. The van der Waals surface area contributed by atoms with Gasteiger partial charge in [0.05, 0.1) is 0 Å². The lowest BCUT2D eigenvalue weighted by Gasteiger charge is -2.05. The second-order valence-corrected chi connectivity index (χ2v) is 3.97. The molecule has 14 heavy (non-hydrogen) atoms. The third-order valence-corrected chi connectivity index (χ3v) is 2.11. The molecular formula is C10H8N2S2. The first-order chi connectivity index (χ1) is 6.77. The van der Waals surface area contributed by atoms with Crippen molar-refractivity contribution in [3.8, 4) is 0 Å². The van der Waals surface area contributed by atoms with Gasteiger partial charge < -0.3 is 5.32 Å². The van der Waals surface area contributed by atoms with Gasteiger partial charge in [-0.1, -0.05) is 36.5 Å². The topological polar surface area (TPSA) is 24.9 Å². The van der Waals surface area contributed by atoms with Gasteiger partial charge in [-0.2, -0.15) is 0 Å². The summed E-state index contributed by atoms with van der Waals surface area (Å²) in [6.45, 7) is 0. The maximum atomic E-state index is 4.85. The number of hydrogen-bond acceptors (Lipinski definition) is 2. The summed E-state index contributed by atoms with van der Waals surface area (Å²) >= 11 is 8.87. The van der Waals surface area contributed by atoms with Crippen molar-refractivity contribution >= 4 is 45.8 Å². The third-order valence-electron chi connectivity index (χ3n) is 1.90. The molecule has 1 heterocycles. The van der Waals surface area contributed by atoms with Gasteiger partial charge in [-0.05, 0) is 11.5 Å². The summed E-state index contributed by atoms with van der Waals surface area (Å²) in [6, 6.07) is 9.95. The van der Waals surface area contributed by atoms with Gasteiger partial charge >= 0.3 is 0 Å². The van der Waals surface area contributed by atoms with Crippen LogP contribution in [0.25, 0.3) is 10.8 Å². The van der Waals surface area contributed by atoms with Crippen LogP contribution in [-0.2, 0) is 0 Å². The number of thiol groups is 1. The Balaban J connectivity index is 2.59. The van der Waals surface area contributed by atoms with Crippen LogP contribution < -0.4 is 5.32 Å². The molecule has 0 aliphatic heterocycles. The second-order valence-electron chi connectivity index (χ2n) is 2.81. The molecule has 1 aromatic carbocycles. The molecule has 0 atom stereocenters. The lowest BCUT2D eigenvalue weighted by Crippen LogP contribution is -2.03. The normalized spacial score (nSPS) is 10.1. The van der Waals surface area contributed by atoms with E-state index in [-0.39, 0.29) is 0 Å². The van der Waals surface area contributed by atoms with E-state index in [1.807, 2.05) is 30.3 Å². The smallest absolute Gasteiger partial charge is 0.139 e. The molecule has 0 saturated heterocycles. The molecule has 4 heteroatoms. The molecule has 1 aromatic heterocycles. The van der Waals surface area contributed by atoms with Crippen LogP contribution >= 0.6 is 24.8 Å². The number of pyridine rings is 1. The van der Waals surface area contributed by atoms with Crippen LogP contribution in [0.3, 0.4) is 0 Å². The molecule has 0 spiro atoms. The maximum Gasteiger partial charge on any atom is 0.139 e. The largest absolute Gasteiger partial charge is 0.326 e. The molecule has 0 radical (unpaired) electrons. The van der Waals surface area contributed by atoms with Gasteiger partial charge in [-0.3, -0.25) is 0 Å². The first-order valence-corrected chi connectivity index (χ1v) is 4.96. The Labute approximate surface area is 92.8 Å². The molecule has 0 unspecified atom stereocenters. The molecule has 1 N–H and O–H groups in total. The van der Waals surface area contributed by atoms with Crippen LogP contribution in [0.4, 0.5) is 5.82 Å². The number of aromatic nitrogens is 1. The third kappa shape index (κ3) is 1.86. The van der Waals surface area contributed by atoms with E-state index in [9.17, 15) is 0 Å². The molecule has 0 fully saturated rings. The monoisotopic (exact) mass is 220 g/mol. The Kier molecular flexibility index (Phi) is 2.65. The van der Waals surface area contributed by atoms with Crippen molar-refractivity contribution in [2.75, 3.05) is 5.32 Å². The number of fused-ring (bicyclic) bond motifs is 1. The van der Waals surface area contributed by atoms with Gasteiger partial charge in [0.1, 0.15) is 10.1 Å².